The number of amidine groups is 1. The van der Waals surface area contributed by atoms with Crippen LogP contribution in [0.3, 0.4) is 0 Å². The number of carbonyl (C=O) groups excluding carboxylic acids is 2. The molecule has 0 saturated carbocycles. The van der Waals surface area contributed by atoms with Gasteiger partial charge in [0.1, 0.15) is 0 Å². The molecular weight excluding hydrogens is 276 g/mol. The third-order valence-corrected chi connectivity index (χ3v) is 2.86. The number of benzene rings is 1. The fourth-order valence-corrected chi connectivity index (χ4v) is 1.76. The average molecular weight is 292 g/mol. The molecule has 0 fully saturated rings. The summed E-state index contributed by atoms with van der Waals surface area (Å²) in [5.74, 6) is -0.328. The second-order valence-electron chi connectivity index (χ2n) is 3.52. The molecule has 20 heavy (non-hydrogen) atoms. The highest BCUT2D eigenvalue weighted by atomic mass is 32.2. The number of ether oxygens (including phenoxy) is 1. The number of rotatable bonds is 3. The van der Waals surface area contributed by atoms with Gasteiger partial charge in [-0.2, -0.15) is 4.99 Å². The standard InChI is InChI=1S/C14H16N2O3S/c1-3-10-20-13(16-14(18)19-4-2)15-12(17)11-8-6-5-7-9-11/h3,5-10H,4H2,1-2H3,(H,15,16,17,18). The smallest absolute Gasteiger partial charge is 0.436 e. The van der Waals surface area contributed by atoms with Gasteiger partial charge >= 0.3 is 6.09 Å². The summed E-state index contributed by atoms with van der Waals surface area (Å²) < 4.78 is 4.72. The van der Waals surface area contributed by atoms with Gasteiger partial charge in [0.05, 0.1) is 6.61 Å². The fourth-order valence-electron chi connectivity index (χ4n) is 1.21. The molecule has 0 heterocycles. The van der Waals surface area contributed by atoms with Crippen molar-refractivity contribution >= 4 is 28.9 Å². The Balaban J connectivity index is 2.79. The highest BCUT2D eigenvalue weighted by molar-refractivity contribution is 8.16. The molecule has 0 aliphatic rings. The monoisotopic (exact) mass is 292 g/mol. The predicted octanol–water partition coefficient (Wildman–Crippen LogP) is 3.20. The van der Waals surface area contributed by atoms with Crippen LogP contribution in [0.5, 0.6) is 0 Å². The molecule has 0 saturated heterocycles. The van der Waals surface area contributed by atoms with Crippen LogP contribution in [0, 0.1) is 0 Å². The first-order valence-corrected chi connectivity index (χ1v) is 6.95. The normalized spacial score (nSPS) is 11.4. The first kappa shape index (κ1) is 16.0. The van der Waals surface area contributed by atoms with Crippen molar-refractivity contribution in [2.45, 2.75) is 13.8 Å². The van der Waals surface area contributed by atoms with Crippen LogP contribution in [0.25, 0.3) is 0 Å². The third kappa shape index (κ3) is 5.71. The van der Waals surface area contributed by atoms with E-state index in [-0.39, 0.29) is 17.7 Å². The highest BCUT2D eigenvalue weighted by Crippen LogP contribution is 2.07. The van der Waals surface area contributed by atoms with Crippen LogP contribution in [0.4, 0.5) is 4.79 Å². The minimum absolute atomic E-state index is 0.176. The number of allylic oxidation sites excluding steroid dienone is 1. The molecule has 2 amide bonds. The lowest BCUT2D eigenvalue weighted by Gasteiger charge is -2.06. The van der Waals surface area contributed by atoms with Crippen LogP contribution in [-0.4, -0.2) is 23.8 Å². The maximum Gasteiger partial charge on any atom is 0.436 e. The van der Waals surface area contributed by atoms with Crippen molar-refractivity contribution in [1.29, 1.82) is 0 Å². The number of carbonyl (C=O) groups is 2. The van der Waals surface area contributed by atoms with E-state index < -0.39 is 6.09 Å². The van der Waals surface area contributed by atoms with E-state index in [1.165, 1.54) is 0 Å². The molecule has 6 heteroatoms. The van der Waals surface area contributed by atoms with E-state index >= 15 is 0 Å². The van der Waals surface area contributed by atoms with Gasteiger partial charge in [-0.15, -0.1) is 0 Å². The zero-order valence-corrected chi connectivity index (χ0v) is 12.1. The number of hydrogen-bond acceptors (Lipinski definition) is 4. The summed E-state index contributed by atoms with van der Waals surface area (Å²) in [5.41, 5.74) is 0.491. The Morgan fingerprint density at radius 1 is 1.35 bits per heavy atom. The van der Waals surface area contributed by atoms with Crippen LogP contribution in [0.2, 0.25) is 0 Å². The lowest BCUT2D eigenvalue weighted by atomic mass is 10.2. The Bertz CT molecular complexity index is 512. The van der Waals surface area contributed by atoms with Crippen molar-refractivity contribution in [2.75, 3.05) is 6.61 Å². The fraction of sp³-hybridized carbons (Fsp3) is 0.214. The maximum atomic E-state index is 12.0. The van der Waals surface area contributed by atoms with Crippen LogP contribution in [-0.2, 0) is 4.74 Å². The number of thioether (sulfide) groups is 1. The quantitative estimate of drug-likeness (QED) is 0.686. The first-order valence-electron chi connectivity index (χ1n) is 6.07. The Morgan fingerprint density at radius 2 is 2.05 bits per heavy atom. The minimum atomic E-state index is -0.729. The van der Waals surface area contributed by atoms with Gasteiger partial charge in [0.25, 0.3) is 5.91 Å². The summed E-state index contributed by atoms with van der Waals surface area (Å²) in [6.07, 6.45) is 1.05. The summed E-state index contributed by atoms with van der Waals surface area (Å²) in [6.45, 7) is 3.75. The number of nitrogens with one attached hydrogen (secondary N) is 1. The van der Waals surface area contributed by atoms with E-state index in [1.54, 1.807) is 42.7 Å². The summed E-state index contributed by atoms with van der Waals surface area (Å²) in [4.78, 5) is 27.0. The molecule has 1 rings (SSSR count). The van der Waals surface area contributed by atoms with Crippen LogP contribution >= 0.6 is 11.8 Å². The zero-order valence-electron chi connectivity index (χ0n) is 11.3. The molecule has 0 aliphatic heterocycles. The number of aliphatic imine (C=N–C) groups is 1. The van der Waals surface area contributed by atoms with Gasteiger partial charge in [-0.25, -0.2) is 4.79 Å². The van der Waals surface area contributed by atoms with E-state index in [2.05, 4.69) is 10.3 Å². The molecule has 0 spiro atoms. The van der Waals surface area contributed by atoms with Gasteiger partial charge in [-0.3, -0.25) is 4.79 Å². The van der Waals surface area contributed by atoms with Crippen LogP contribution in [0.15, 0.2) is 46.8 Å². The Morgan fingerprint density at radius 3 is 2.65 bits per heavy atom. The van der Waals surface area contributed by atoms with Crippen molar-refractivity contribution in [2.24, 2.45) is 4.99 Å². The van der Waals surface area contributed by atoms with Gasteiger partial charge < -0.3 is 10.1 Å². The molecule has 5 nitrogen and oxygen atoms in total. The van der Waals surface area contributed by atoms with E-state index in [0.717, 1.165) is 11.8 Å². The van der Waals surface area contributed by atoms with Gasteiger partial charge in [-0.05, 0) is 31.4 Å². The molecule has 0 unspecified atom stereocenters. The van der Waals surface area contributed by atoms with Crippen LogP contribution < -0.4 is 5.32 Å². The maximum absolute atomic E-state index is 12.0. The molecule has 1 aromatic rings. The van der Waals surface area contributed by atoms with E-state index in [1.807, 2.05) is 13.0 Å². The predicted molar refractivity (Wildman–Crippen MR) is 80.8 cm³/mol. The average Bonchev–Trinajstić information content (AvgIpc) is 2.45. The summed E-state index contributed by atoms with van der Waals surface area (Å²) in [5, 5.41) is 4.47. The molecule has 0 aliphatic carbocycles. The van der Waals surface area contributed by atoms with Gasteiger partial charge in [0, 0.05) is 5.56 Å². The molecular formula is C14H16N2O3S. The molecule has 1 N–H and O–H groups in total. The van der Waals surface area contributed by atoms with E-state index in [9.17, 15) is 9.59 Å². The summed E-state index contributed by atoms with van der Waals surface area (Å²) in [6, 6.07) is 8.70. The van der Waals surface area contributed by atoms with Crippen molar-refractivity contribution in [3.63, 3.8) is 0 Å². The summed E-state index contributed by atoms with van der Waals surface area (Å²) >= 11 is 1.14. The zero-order chi connectivity index (χ0) is 14.8. The SMILES string of the molecule is CC=CSC(=NC(=O)OCC)NC(=O)c1ccccc1. The lowest BCUT2D eigenvalue weighted by Crippen LogP contribution is -2.28. The Kier molecular flexibility index (Phi) is 7.13. The van der Waals surface area contributed by atoms with Gasteiger partial charge in [0.15, 0.2) is 5.17 Å². The molecule has 0 bridgehead atoms. The lowest BCUT2D eigenvalue weighted by molar-refractivity contribution is 0.0978. The van der Waals surface area contributed by atoms with Gasteiger partial charge in [-0.1, -0.05) is 36.0 Å². The molecule has 1 aromatic carbocycles. The molecule has 0 atom stereocenters. The molecule has 0 radical (unpaired) electrons. The molecule has 106 valence electrons. The third-order valence-electron chi connectivity index (χ3n) is 2.03. The van der Waals surface area contributed by atoms with Gasteiger partial charge in [0.2, 0.25) is 0 Å². The second kappa shape index (κ2) is 8.92. The summed E-state index contributed by atoms with van der Waals surface area (Å²) in [7, 11) is 0. The number of nitrogens with zero attached hydrogens (tertiary/aromatic N) is 1. The molecule has 0 aromatic heterocycles. The Labute approximate surface area is 122 Å². The van der Waals surface area contributed by atoms with Crippen LogP contribution in [0.1, 0.15) is 24.2 Å². The van der Waals surface area contributed by atoms with E-state index in [0.29, 0.717) is 5.56 Å². The topological polar surface area (TPSA) is 67.8 Å². The van der Waals surface area contributed by atoms with Crippen molar-refractivity contribution in [3.8, 4) is 0 Å². The van der Waals surface area contributed by atoms with Crippen molar-refractivity contribution < 1.29 is 14.3 Å². The number of amides is 2. The first-order chi connectivity index (χ1) is 9.67. The Hall–Kier alpha value is -2.08. The van der Waals surface area contributed by atoms with Crippen molar-refractivity contribution in [3.05, 3.63) is 47.4 Å². The largest absolute Gasteiger partial charge is 0.448 e. The van der Waals surface area contributed by atoms with E-state index in [4.69, 9.17) is 4.74 Å². The number of hydrogen-bond donors (Lipinski definition) is 1. The second-order valence-corrected chi connectivity index (χ2v) is 4.42. The minimum Gasteiger partial charge on any atom is -0.448 e. The highest BCUT2D eigenvalue weighted by Gasteiger charge is 2.10. The van der Waals surface area contributed by atoms with Crippen molar-refractivity contribution in [1.82, 2.24) is 5.32 Å².